The van der Waals surface area contributed by atoms with E-state index in [0.29, 0.717) is 29.2 Å². The first-order chi connectivity index (χ1) is 13.6. The maximum atomic E-state index is 11.9. The standard InChI is InChI=1S/C15H17NO4S2.C2HF3O2/c17-8-2-4-12-3-1-5-13(11-12)15(20)16-7-10-22-21-9-6-14(18)19;3-2(4,5)1(6)7/h1,3,5,11,17H,6-10H2,(H,16,20)(H,18,19);(H,6,7). The number of carboxylic acids is 2. The number of hydrogen-bond acceptors (Lipinski definition) is 6. The van der Waals surface area contributed by atoms with E-state index in [9.17, 15) is 22.8 Å². The van der Waals surface area contributed by atoms with E-state index >= 15 is 0 Å². The fourth-order valence-electron chi connectivity index (χ4n) is 1.43. The molecule has 1 rings (SSSR count). The summed E-state index contributed by atoms with van der Waals surface area (Å²) in [6, 6.07) is 6.89. The number of carbonyl (C=O) groups is 3. The van der Waals surface area contributed by atoms with Crippen LogP contribution in [0.25, 0.3) is 0 Å². The second-order valence-electron chi connectivity index (χ2n) is 4.89. The zero-order valence-corrected chi connectivity index (χ0v) is 16.5. The normalized spacial score (nSPS) is 10.1. The first kappa shape index (κ1) is 26.6. The molecule has 0 heterocycles. The van der Waals surface area contributed by atoms with Crippen molar-refractivity contribution in [2.45, 2.75) is 12.6 Å². The minimum absolute atomic E-state index is 0.145. The van der Waals surface area contributed by atoms with Crippen LogP contribution in [0.15, 0.2) is 24.3 Å². The molecule has 1 amide bonds. The summed E-state index contributed by atoms with van der Waals surface area (Å²) in [5.74, 6) is 2.82. The van der Waals surface area contributed by atoms with Crippen LogP contribution in [0.5, 0.6) is 0 Å². The van der Waals surface area contributed by atoms with Gasteiger partial charge in [-0.2, -0.15) is 13.2 Å². The Labute approximate surface area is 172 Å². The van der Waals surface area contributed by atoms with Gasteiger partial charge in [0.15, 0.2) is 0 Å². The van der Waals surface area contributed by atoms with Crippen LogP contribution in [-0.2, 0) is 9.59 Å². The topological polar surface area (TPSA) is 124 Å². The molecular formula is C17H18F3NO6S2. The molecule has 160 valence electrons. The zero-order chi connectivity index (χ0) is 22.3. The van der Waals surface area contributed by atoms with Gasteiger partial charge in [0.05, 0.1) is 6.42 Å². The van der Waals surface area contributed by atoms with Gasteiger partial charge in [0, 0.05) is 29.2 Å². The van der Waals surface area contributed by atoms with Crippen molar-refractivity contribution in [2.24, 2.45) is 0 Å². The summed E-state index contributed by atoms with van der Waals surface area (Å²) in [4.78, 5) is 31.2. The molecule has 0 saturated heterocycles. The third-order valence-corrected chi connectivity index (χ3v) is 5.04. The maximum absolute atomic E-state index is 11.9. The Morgan fingerprint density at radius 3 is 2.28 bits per heavy atom. The van der Waals surface area contributed by atoms with Crippen LogP contribution >= 0.6 is 21.6 Å². The number of aliphatic hydroxyl groups excluding tert-OH is 1. The first-order valence-electron chi connectivity index (χ1n) is 7.82. The summed E-state index contributed by atoms with van der Waals surface area (Å²) < 4.78 is 31.7. The molecule has 0 unspecified atom stereocenters. The lowest BCUT2D eigenvalue weighted by Crippen LogP contribution is -2.25. The number of amides is 1. The van der Waals surface area contributed by atoms with Gasteiger partial charge in [-0.1, -0.05) is 39.5 Å². The van der Waals surface area contributed by atoms with Gasteiger partial charge >= 0.3 is 18.1 Å². The number of rotatable bonds is 8. The van der Waals surface area contributed by atoms with Crippen molar-refractivity contribution in [1.29, 1.82) is 0 Å². The van der Waals surface area contributed by atoms with E-state index in [0.717, 1.165) is 0 Å². The van der Waals surface area contributed by atoms with Gasteiger partial charge in [0.1, 0.15) is 6.61 Å². The molecule has 0 fully saturated rings. The number of carbonyl (C=O) groups excluding carboxylic acids is 1. The average Bonchev–Trinajstić information content (AvgIpc) is 2.65. The Morgan fingerprint density at radius 1 is 1.10 bits per heavy atom. The number of nitrogens with one attached hydrogen (secondary N) is 1. The van der Waals surface area contributed by atoms with Crippen LogP contribution in [0.3, 0.4) is 0 Å². The molecule has 0 spiro atoms. The third kappa shape index (κ3) is 14.3. The van der Waals surface area contributed by atoms with Gasteiger partial charge in [-0.3, -0.25) is 9.59 Å². The molecule has 12 heteroatoms. The summed E-state index contributed by atoms with van der Waals surface area (Å²) in [5, 5.41) is 27.1. The second kappa shape index (κ2) is 14.6. The van der Waals surface area contributed by atoms with Gasteiger partial charge in [-0.15, -0.1) is 0 Å². The van der Waals surface area contributed by atoms with E-state index in [1.165, 1.54) is 21.6 Å². The molecule has 29 heavy (non-hydrogen) atoms. The Kier molecular flexibility index (Phi) is 13.4. The third-order valence-electron chi connectivity index (χ3n) is 2.63. The average molecular weight is 453 g/mol. The van der Waals surface area contributed by atoms with Gasteiger partial charge < -0.3 is 20.6 Å². The highest BCUT2D eigenvalue weighted by Crippen LogP contribution is 2.21. The predicted octanol–water partition coefficient (Wildman–Crippen LogP) is 2.25. The fraction of sp³-hybridized carbons (Fsp3) is 0.353. The van der Waals surface area contributed by atoms with Gasteiger partial charge in [-0.05, 0) is 18.2 Å². The molecule has 0 atom stereocenters. The summed E-state index contributed by atoms with van der Waals surface area (Å²) >= 11 is 0. The number of hydrogen-bond donors (Lipinski definition) is 4. The Balaban J connectivity index is 0.000000956. The second-order valence-corrected chi connectivity index (χ2v) is 7.59. The van der Waals surface area contributed by atoms with E-state index < -0.39 is 18.1 Å². The molecule has 4 N–H and O–H groups in total. The van der Waals surface area contributed by atoms with E-state index in [1.54, 1.807) is 24.3 Å². The van der Waals surface area contributed by atoms with Crippen molar-refractivity contribution in [3.8, 4) is 11.8 Å². The van der Waals surface area contributed by atoms with Crippen molar-refractivity contribution in [3.05, 3.63) is 35.4 Å². The number of alkyl halides is 3. The minimum Gasteiger partial charge on any atom is -0.481 e. The number of aliphatic carboxylic acids is 2. The molecule has 0 aliphatic rings. The smallest absolute Gasteiger partial charge is 0.481 e. The number of benzene rings is 1. The molecule has 0 saturated carbocycles. The highest BCUT2D eigenvalue weighted by Gasteiger charge is 2.38. The van der Waals surface area contributed by atoms with Crippen LogP contribution in [0, 0.1) is 11.8 Å². The number of aliphatic hydroxyl groups is 1. The fourth-order valence-corrected chi connectivity index (χ4v) is 3.32. The minimum atomic E-state index is -5.08. The van der Waals surface area contributed by atoms with Gasteiger partial charge in [0.2, 0.25) is 0 Å². The van der Waals surface area contributed by atoms with E-state index in [4.69, 9.17) is 20.1 Å². The molecular weight excluding hydrogens is 435 g/mol. The van der Waals surface area contributed by atoms with Crippen molar-refractivity contribution >= 4 is 39.4 Å². The highest BCUT2D eigenvalue weighted by atomic mass is 33.1. The van der Waals surface area contributed by atoms with Crippen LogP contribution in [-0.4, -0.2) is 64.0 Å². The lowest BCUT2D eigenvalue weighted by molar-refractivity contribution is -0.192. The summed E-state index contributed by atoms with van der Waals surface area (Å²) in [5.41, 5.74) is 1.20. The Morgan fingerprint density at radius 2 is 1.72 bits per heavy atom. The van der Waals surface area contributed by atoms with E-state index in [-0.39, 0.29) is 18.9 Å². The van der Waals surface area contributed by atoms with Crippen molar-refractivity contribution < 1.29 is 42.9 Å². The SMILES string of the molecule is O=C(O)C(F)(F)F.O=C(O)CCSSCCNC(=O)c1cccc(C#CCO)c1. The van der Waals surface area contributed by atoms with Crippen molar-refractivity contribution in [1.82, 2.24) is 5.32 Å². The molecule has 0 aliphatic heterocycles. The monoisotopic (exact) mass is 453 g/mol. The van der Waals surface area contributed by atoms with Crippen LogP contribution in [0.4, 0.5) is 13.2 Å². The Bertz CT molecular complexity index is 747. The summed E-state index contributed by atoms with van der Waals surface area (Å²) in [6.45, 7) is 0.295. The molecule has 7 nitrogen and oxygen atoms in total. The number of halogens is 3. The first-order valence-corrected chi connectivity index (χ1v) is 10.3. The van der Waals surface area contributed by atoms with Crippen LogP contribution in [0.2, 0.25) is 0 Å². The van der Waals surface area contributed by atoms with E-state index in [1.807, 2.05) is 0 Å². The zero-order valence-electron chi connectivity index (χ0n) is 14.9. The molecule has 0 aliphatic carbocycles. The van der Waals surface area contributed by atoms with Gasteiger partial charge in [-0.25, -0.2) is 4.79 Å². The summed E-state index contributed by atoms with van der Waals surface area (Å²) in [7, 11) is 3.02. The molecule has 0 radical (unpaired) electrons. The molecule has 0 bridgehead atoms. The molecule has 0 aromatic heterocycles. The van der Waals surface area contributed by atoms with E-state index in [2.05, 4.69) is 17.2 Å². The molecule has 1 aromatic carbocycles. The van der Waals surface area contributed by atoms with Crippen molar-refractivity contribution in [3.63, 3.8) is 0 Å². The largest absolute Gasteiger partial charge is 0.490 e. The summed E-state index contributed by atoms with van der Waals surface area (Å²) in [6.07, 6.45) is -4.94. The van der Waals surface area contributed by atoms with Gasteiger partial charge in [0.25, 0.3) is 5.91 Å². The van der Waals surface area contributed by atoms with Crippen molar-refractivity contribution in [2.75, 3.05) is 24.7 Å². The van der Waals surface area contributed by atoms with Crippen LogP contribution < -0.4 is 5.32 Å². The highest BCUT2D eigenvalue weighted by molar-refractivity contribution is 8.76. The maximum Gasteiger partial charge on any atom is 0.490 e. The lowest BCUT2D eigenvalue weighted by atomic mass is 10.1. The quantitative estimate of drug-likeness (QED) is 0.268. The predicted molar refractivity (Wildman–Crippen MR) is 104 cm³/mol. The number of carboxylic acid groups (broad SMARTS) is 2. The lowest BCUT2D eigenvalue weighted by Gasteiger charge is -2.05. The molecule has 1 aromatic rings. The Hall–Kier alpha value is -2.36. The van der Waals surface area contributed by atoms with Crippen LogP contribution in [0.1, 0.15) is 22.3 Å².